The predicted molar refractivity (Wildman–Crippen MR) is 67.4 cm³/mol. The number of ether oxygens (including phenoxy) is 1. The van der Waals surface area contributed by atoms with E-state index in [0.29, 0.717) is 13.0 Å². The lowest BCUT2D eigenvalue weighted by atomic mass is 10.2. The number of carbonyl (C=O) groups is 2. The van der Waals surface area contributed by atoms with Gasteiger partial charge in [-0.3, -0.25) is 4.79 Å². The van der Waals surface area contributed by atoms with E-state index in [9.17, 15) is 14.7 Å². The van der Waals surface area contributed by atoms with Crippen molar-refractivity contribution >= 4 is 12.0 Å². The molecule has 19 heavy (non-hydrogen) atoms. The van der Waals surface area contributed by atoms with E-state index in [1.807, 2.05) is 0 Å². The summed E-state index contributed by atoms with van der Waals surface area (Å²) in [5.74, 6) is -0.346. The van der Waals surface area contributed by atoms with Gasteiger partial charge in [0.15, 0.2) is 0 Å². The molecule has 7 nitrogen and oxygen atoms in total. The lowest BCUT2D eigenvalue weighted by Gasteiger charge is -2.25. The van der Waals surface area contributed by atoms with Crippen LogP contribution in [0, 0.1) is 0 Å². The summed E-state index contributed by atoms with van der Waals surface area (Å²) in [6.07, 6.45) is -0.944. The highest BCUT2D eigenvalue weighted by Gasteiger charge is 2.35. The summed E-state index contributed by atoms with van der Waals surface area (Å²) >= 11 is 0. The summed E-state index contributed by atoms with van der Waals surface area (Å²) in [6, 6.07) is -0.590. The van der Waals surface area contributed by atoms with E-state index in [2.05, 4.69) is 5.32 Å². The number of nitrogens with zero attached hydrogens (tertiary/aromatic N) is 1. The Balaban J connectivity index is 2.41. The molecule has 0 aromatic carbocycles. The van der Waals surface area contributed by atoms with Crippen LogP contribution in [0.5, 0.6) is 0 Å². The molecular formula is C12H22N2O5. The summed E-state index contributed by atoms with van der Waals surface area (Å²) in [4.78, 5) is 24.6. The molecule has 0 spiro atoms. The zero-order valence-electron chi connectivity index (χ0n) is 11.5. The highest BCUT2D eigenvalue weighted by molar-refractivity contribution is 5.82. The minimum absolute atomic E-state index is 0.210. The number of nitrogens with one attached hydrogen (secondary N) is 1. The maximum atomic E-state index is 11.9. The number of aliphatic hydroxyl groups is 2. The van der Waals surface area contributed by atoms with Crippen LogP contribution in [0.4, 0.5) is 4.79 Å². The van der Waals surface area contributed by atoms with Crippen LogP contribution in [0.1, 0.15) is 27.2 Å². The molecule has 0 saturated carbocycles. The third kappa shape index (κ3) is 4.68. The average Bonchev–Trinajstić information content (AvgIpc) is 2.65. The van der Waals surface area contributed by atoms with Crippen LogP contribution in [-0.4, -0.2) is 64.6 Å². The Hall–Kier alpha value is -1.34. The maximum absolute atomic E-state index is 11.9. The normalized spacial score (nSPS) is 23.3. The van der Waals surface area contributed by atoms with Crippen LogP contribution in [0.3, 0.4) is 0 Å². The Morgan fingerprint density at radius 1 is 1.42 bits per heavy atom. The van der Waals surface area contributed by atoms with Crippen molar-refractivity contribution in [1.82, 2.24) is 10.2 Å². The summed E-state index contributed by atoms with van der Waals surface area (Å²) in [7, 11) is 0. The molecule has 1 aliphatic rings. The van der Waals surface area contributed by atoms with Gasteiger partial charge in [0.25, 0.3) is 0 Å². The second-order valence-corrected chi connectivity index (χ2v) is 5.55. The smallest absolute Gasteiger partial charge is 0.408 e. The van der Waals surface area contributed by atoms with E-state index in [0.717, 1.165) is 0 Å². The summed E-state index contributed by atoms with van der Waals surface area (Å²) < 4.78 is 5.01. The zero-order valence-corrected chi connectivity index (χ0v) is 11.5. The number of hydrogen-bond acceptors (Lipinski definition) is 5. The number of hydrogen-bond donors (Lipinski definition) is 3. The monoisotopic (exact) mass is 274 g/mol. The topological polar surface area (TPSA) is 99.1 Å². The largest absolute Gasteiger partial charge is 0.444 e. The van der Waals surface area contributed by atoms with Gasteiger partial charge < -0.3 is 25.2 Å². The quantitative estimate of drug-likeness (QED) is 0.642. The standard InChI is InChI=1S/C12H22N2O5/c1-12(2,3)19-11(18)13-6-10(17)14-5-4-9(16)8(14)7-15/h8-9,15-16H,4-7H2,1-3H3,(H,13,18)/t8-,9-/m0/s1. The van der Waals surface area contributed by atoms with Gasteiger partial charge in [-0.2, -0.15) is 0 Å². The molecule has 3 N–H and O–H groups in total. The molecule has 2 amide bonds. The second-order valence-electron chi connectivity index (χ2n) is 5.55. The summed E-state index contributed by atoms with van der Waals surface area (Å²) in [5.41, 5.74) is -0.620. The van der Waals surface area contributed by atoms with Gasteiger partial charge in [-0.15, -0.1) is 0 Å². The lowest BCUT2D eigenvalue weighted by molar-refractivity contribution is -0.132. The van der Waals surface area contributed by atoms with Crippen molar-refractivity contribution in [2.45, 2.75) is 44.9 Å². The molecule has 1 rings (SSSR count). The average molecular weight is 274 g/mol. The molecular weight excluding hydrogens is 252 g/mol. The van der Waals surface area contributed by atoms with Gasteiger partial charge in [-0.25, -0.2) is 4.79 Å². The van der Waals surface area contributed by atoms with Gasteiger partial charge in [-0.05, 0) is 27.2 Å². The fourth-order valence-corrected chi connectivity index (χ4v) is 1.93. The van der Waals surface area contributed by atoms with Gasteiger partial charge in [0.2, 0.25) is 5.91 Å². The molecule has 1 heterocycles. The SMILES string of the molecule is CC(C)(C)OC(=O)NCC(=O)N1CC[C@H](O)[C@@H]1CO. The molecule has 1 fully saturated rings. The second kappa shape index (κ2) is 6.21. The molecule has 0 bridgehead atoms. The minimum atomic E-state index is -0.713. The van der Waals surface area contributed by atoms with Gasteiger partial charge in [0.1, 0.15) is 12.1 Å². The van der Waals surface area contributed by atoms with E-state index in [4.69, 9.17) is 9.84 Å². The minimum Gasteiger partial charge on any atom is -0.444 e. The zero-order chi connectivity index (χ0) is 14.6. The first-order chi connectivity index (χ1) is 8.74. The third-order valence-electron chi connectivity index (χ3n) is 2.80. The summed E-state index contributed by atoms with van der Waals surface area (Å²) in [6.45, 7) is 5.06. The van der Waals surface area contributed by atoms with Crippen LogP contribution in [0.25, 0.3) is 0 Å². The van der Waals surface area contributed by atoms with E-state index >= 15 is 0 Å². The molecule has 0 aliphatic carbocycles. The van der Waals surface area contributed by atoms with Crippen molar-refractivity contribution in [3.63, 3.8) is 0 Å². The first-order valence-corrected chi connectivity index (χ1v) is 6.30. The molecule has 0 aromatic heterocycles. The van der Waals surface area contributed by atoms with Crippen LogP contribution in [0.2, 0.25) is 0 Å². The maximum Gasteiger partial charge on any atom is 0.408 e. The number of amides is 2. The van der Waals surface area contributed by atoms with Crippen molar-refractivity contribution in [2.75, 3.05) is 19.7 Å². The molecule has 0 unspecified atom stereocenters. The number of rotatable bonds is 3. The summed E-state index contributed by atoms with van der Waals surface area (Å²) in [5, 5.41) is 21.1. The highest BCUT2D eigenvalue weighted by atomic mass is 16.6. The van der Waals surface area contributed by atoms with E-state index in [-0.39, 0.29) is 19.1 Å². The van der Waals surface area contributed by atoms with E-state index in [1.165, 1.54) is 4.90 Å². The van der Waals surface area contributed by atoms with Crippen LogP contribution in [-0.2, 0) is 9.53 Å². The number of likely N-dealkylation sites (tertiary alicyclic amines) is 1. The number of alkyl carbamates (subject to hydrolysis) is 1. The Bertz CT molecular complexity index is 340. The highest BCUT2D eigenvalue weighted by Crippen LogP contribution is 2.17. The first-order valence-electron chi connectivity index (χ1n) is 6.30. The molecule has 7 heteroatoms. The molecule has 1 aliphatic heterocycles. The van der Waals surface area contributed by atoms with E-state index < -0.39 is 23.8 Å². The van der Waals surface area contributed by atoms with Crippen molar-refractivity contribution in [1.29, 1.82) is 0 Å². The molecule has 110 valence electrons. The Labute approximate surface area is 112 Å². The van der Waals surface area contributed by atoms with Crippen molar-refractivity contribution in [3.05, 3.63) is 0 Å². The Morgan fingerprint density at radius 2 is 2.05 bits per heavy atom. The molecule has 0 aromatic rings. The van der Waals surface area contributed by atoms with Gasteiger partial charge in [0, 0.05) is 6.54 Å². The molecule has 1 saturated heterocycles. The molecule has 2 atom stereocenters. The van der Waals surface area contributed by atoms with Crippen molar-refractivity contribution in [2.24, 2.45) is 0 Å². The third-order valence-corrected chi connectivity index (χ3v) is 2.80. The van der Waals surface area contributed by atoms with Crippen LogP contribution < -0.4 is 5.32 Å². The van der Waals surface area contributed by atoms with E-state index in [1.54, 1.807) is 20.8 Å². The van der Waals surface area contributed by atoms with Gasteiger partial charge in [0.05, 0.1) is 18.8 Å². The fourth-order valence-electron chi connectivity index (χ4n) is 1.93. The Kier molecular flexibility index (Phi) is 5.13. The lowest BCUT2D eigenvalue weighted by Crippen LogP contribution is -2.47. The van der Waals surface area contributed by atoms with Gasteiger partial charge >= 0.3 is 6.09 Å². The first kappa shape index (κ1) is 15.7. The molecule has 0 radical (unpaired) electrons. The number of carbonyl (C=O) groups excluding carboxylic acids is 2. The van der Waals surface area contributed by atoms with Gasteiger partial charge in [-0.1, -0.05) is 0 Å². The Morgan fingerprint density at radius 3 is 2.58 bits per heavy atom. The van der Waals surface area contributed by atoms with Crippen molar-refractivity contribution < 1.29 is 24.5 Å². The fraction of sp³-hybridized carbons (Fsp3) is 0.833. The predicted octanol–water partition coefficient (Wildman–Crippen LogP) is -0.535. The van der Waals surface area contributed by atoms with Crippen molar-refractivity contribution in [3.8, 4) is 0 Å². The van der Waals surface area contributed by atoms with Crippen LogP contribution in [0.15, 0.2) is 0 Å². The number of aliphatic hydroxyl groups excluding tert-OH is 2. The van der Waals surface area contributed by atoms with Crippen LogP contribution >= 0.6 is 0 Å².